The van der Waals surface area contributed by atoms with E-state index in [1.807, 2.05) is 0 Å². The zero-order valence-electron chi connectivity index (χ0n) is 7.32. The van der Waals surface area contributed by atoms with Crippen LogP contribution >= 0.6 is 0 Å². The normalized spacial score (nSPS) is 16.2. The number of aliphatic carboxylic acids is 1. The molecular weight excluding hydrogens is 174 g/mol. The molecule has 1 fully saturated rings. The highest BCUT2D eigenvalue weighted by Crippen LogP contribution is 2.17. The van der Waals surface area contributed by atoms with Gasteiger partial charge in [-0.05, 0) is 6.92 Å². The predicted molar refractivity (Wildman–Crippen MR) is 44.0 cm³/mol. The van der Waals surface area contributed by atoms with Crippen LogP contribution in [0, 0.1) is 5.92 Å². The van der Waals surface area contributed by atoms with Gasteiger partial charge in [0.25, 0.3) is 0 Å². The molecule has 0 aromatic rings. The lowest BCUT2D eigenvalue weighted by molar-refractivity contribution is -0.146. The van der Waals surface area contributed by atoms with Crippen molar-refractivity contribution < 1.29 is 19.4 Å². The first-order valence-corrected chi connectivity index (χ1v) is 3.85. The Bertz CT molecular complexity index is 255. The number of likely N-dealkylation sites (tertiary alicyclic amines) is 1. The molecule has 5 heteroatoms. The van der Waals surface area contributed by atoms with Crippen molar-refractivity contribution in [2.45, 2.75) is 6.92 Å². The minimum atomic E-state index is -0.876. The maximum atomic E-state index is 11.1. The Kier molecular flexibility index (Phi) is 2.55. The van der Waals surface area contributed by atoms with Crippen LogP contribution in [0.5, 0.6) is 0 Å². The Morgan fingerprint density at radius 3 is 2.46 bits per heavy atom. The van der Waals surface area contributed by atoms with Gasteiger partial charge in [0.05, 0.1) is 11.7 Å². The summed E-state index contributed by atoms with van der Waals surface area (Å²) in [6, 6.07) is 0. The summed E-state index contributed by atoms with van der Waals surface area (Å²) in [5.41, 5.74) is 0. The maximum absolute atomic E-state index is 11.1. The van der Waals surface area contributed by atoms with Gasteiger partial charge in [-0.1, -0.05) is 6.58 Å². The van der Waals surface area contributed by atoms with Crippen LogP contribution in [-0.2, 0) is 9.53 Å². The monoisotopic (exact) mass is 185 g/mol. The summed E-state index contributed by atoms with van der Waals surface area (Å²) in [7, 11) is 0. The van der Waals surface area contributed by atoms with Crippen LogP contribution in [0.3, 0.4) is 0 Å². The standard InChI is InChI=1S/C8H11NO4/c1-5(2)13-8(12)9-3-6(4-9)7(10)11/h6H,1,3-4H2,2H3,(H,10,11). The molecule has 1 aliphatic heterocycles. The summed E-state index contributed by atoms with van der Waals surface area (Å²) in [4.78, 5) is 22.8. The summed E-state index contributed by atoms with van der Waals surface area (Å²) in [5.74, 6) is -1.01. The van der Waals surface area contributed by atoms with Crippen molar-refractivity contribution in [1.82, 2.24) is 4.90 Å². The highest BCUT2D eigenvalue weighted by Gasteiger charge is 2.36. The van der Waals surface area contributed by atoms with Crippen molar-refractivity contribution >= 4 is 12.1 Å². The average Bonchev–Trinajstić information content (AvgIpc) is 1.79. The van der Waals surface area contributed by atoms with Gasteiger partial charge < -0.3 is 14.7 Å². The highest BCUT2D eigenvalue weighted by atomic mass is 16.6. The van der Waals surface area contributed by atoms with Crippen LogP contribution < -0.4 is 0 Å². The molecule has 1 N–H and O–H groups in total. The molecule has 0 saturated carbocycles. The van der Waals surface area contributed by atoms with E-state index < -0.39 is 18.0 Å². The molecule has 72 valence electrons. The topological polar surface area (TPSA) is 66.8 Å². The Morgan fingerprint density at radius 2 is 2.08 bits per heavy atom. The van der Waals surface area contributed by atoms with Gasteiger partial charge in [0, 0.05) is 13.1 Å². The van der Waals surface area contributed by atoms with Gasteiger partial charge in [-0.25, -0.2) is 4.79 Å². The second-order valence-electron chi connectivity index (χ2n) is 3.01. The van der Waals surface area contributed by atoms with Gasteiger partial charge >= 0.3 is 12.1 Å². The van der Waals surface area contributed by atoms with Gasteiger partial charge in [0.15, 0.2) is 0 Å². The second kappa shape index (κ2) is 3.47. The highest BCUT2D eigenvalue weighted by molar-refractivity contribution is 5.77. The molecular formula is C8H11NO4. The lowest BCUT2D eigenvalue weighted by Gasteiger charge is -2.35. The molecule has 0 unspecified atom stereocenters. The average molecular weight is 185 g/mol. The van der Waals surface area contributed by atoms with Crippen LogP contribution in [0.1, 0.15) is 6.92 Å². The van der Waals surface area contributed by atoms with E-state index in [2.05, 4.69) is 11.3 Å². The molecule has 0 aliphatic carbocycles. The lowest BCUT2D eigenvalue weighted by atomic mass is 10.0. The first kappa shape index (κ1) is 9.57. The fraction of sp³-hybridized carbons (Fsp3) is 0.500. The van der Waals surface area contributed by atoms with Crippen molar-refractivity contribution in [2.75, 3.05) is 13.1 Å². The van der Waals surface area contributed by atoms with Crippen molar-refractivity contribution in [3.05, 3.63) is 12.3 Å². The molecule has 0 aromatic carbocycles. The Balaban J connectivity index is 2.31. The van der Waals surface area contributed by atoms with E-state index in [9.17, 15) is 9.59 Å². The third kappa shape index (κ3) is 2.21. The number of carboxylic acids is 1. The summed E-state index contributed by atoms with van der Waals surface area (Å²) in [5, 5.41) is 8.52. The van der Waals surface area contributed by atoms with E-state index in [0.29, 0.717) is 5.76 Å². The molecule has 1 amide bonds. The fourth-order valence-corrected chi connectivity index (χ4v) is 0.997. The smallest absolute Gasteiger partial charge is 0.414 e. The molecule has 0 atom stereocenters. The number of hydrogen-bond donors (Lipinski definition) is 1. The number of rotatable bonds is 2. The van der Waals surface area contributed by atoms with E-state index in [1.54, 1.807) is 6.92 Å². The number of amides is 1. The van der Waals surface area contributed by atoms with E-state index >= 15 is 0 Å². The molecule has 0 bridgehead atoms. The Labute approximate surface area is 75.6 Å². The number of carbonyl (C=O) groups excluding carboxylic acids is 1. The zero-order valence-corrected chi connectivity index (χ0v) is 7.32. The molecule has 0 spiro atoms. The van der Waals surface area contributed by atoms with Gasteiger partial charge in [0.1, 0.15) is 0 Å². The van der Waals surface area contributed by atoms with Gasteiger partial charge in [0.2, 0.25) is 0 Å². The molecule has 1 heterocycles. The third-order valence-corrected chi connectivity index (χ3v) is 1.75. The van der Waals surface area contributed by atoms with E-state index in [-0.39, 0.29) is 13.1 Å². The number of carbonyl (C=O) groups is 2. The van der Waals surface area contributed by atoms with Crippen molar-refractivity contribution in [2.24, 2.45) is 5.92 Å². The number of hydrogen-bond acceptors (Lipinski definition) is 3. The lowest BCUT2D eigenvalue weighted by Crippen LogP contribution is -2.53. The molecule has 1 aliphatic rings. The Morgan fingerprint density at radius 1 is 1.54 bits per heavy atom. The van der Waals surface area contributed by atoms with Crippen molar-refractivity contribution in [3.8, 4) is 0 Å². The third-order valence-electron chi connectivity index (χ3n) is 1.75. The quantitative estimate of drug-likeness (QED) is 0.642. The van der Waals surface area contributed by atoms with Crippen molar-refractivity contribution in [3.63, 3.8) is 0 Å². The molecule has 1 saturated heterocycles. The first-order valence-electron chi connectivity index (χ1n) is 3.85. The van der Waals surface area contributed by atoms with E-state index in [0.717, 1.165) is 0 Å². The summed E-state index contributed by atoms with van der Waals surface area (Å²) in [6.07, 6.45) is -0.523. The maximum Gasteiger partial charge on any atom is 0.414 e. The number of ether oxygens (including phenoxy) is 1. The minimum absolute atomic E-state index is 0.224. The zero-order chi connectivity index (χ0) is 10.0. The summed E-state index contributed by atoms with van der Waals surface area (Å²) < 4.78 is 4.68. The Hall–Kier alpha value is -1.52. The van der Waals surface area contributed by atoms with Gasteiger partial charge in [-0.15, -0.1) is 0 Å². The largest absolute Gasteiger partial charge is 0.481 e. The van der Waals surface area contributed by atoms with Crippen LogP contribution in [0.2, 0.25) is 0 Å². The van der Waals surface area contributed by atoms with Crippen LogP contribution in [0.25, 0.3) is 0 Å². The number of allylic oxidation sites excluding steroid dienone is 1. The molecule has 0 aromatic heterocycles. The molecule has 1 rings (SSSR count). The molecule has 13 heavy (non-hydrogen) atoms. The van der Waals surface area contributed by atoms with E-state index in [4.69, 9.17) is 5.11 Å². The van der Waals surface area contributed by atoms with Crippen LogP contribution in [-0.4, -0.2) is 35.2 Å². The minimum Gasteiger partial charge on any atom is -0.481 e. The second-order valence-corrected chi connectivity index (χ2v) is 3.01. The fourth-order valence-electron chi connectivity index (χ4n) is 0.997. The van der Waals surface area contributed by atoms with Crippen LogP contribution in [0.15, 0.2) is 12.3 Å². The van der Waals surface area contributed by atoms with Crippen LogP contribution in [0.4, 0.5) is 4.79 Å². The summed E-state index contributed by atoms with van der Waals surface area (Å²) >= 11 is 0. The van der Waals surface area contributed by atoms with E-state index in [1.165, 1.54) is 4.90 Å². The molecule has 0 radical (unpaired) electrons. The van der Waals surface area contributed by atoms with Gasteiger partial charge in [-0.3, -0.25) is 4.79 Å². The summed E-state index contributed by atoms with van der Waals surface area (Å²) in [6.45, 7) is 5.41. The number of nitrogens with zero attached hydrogens (tertiary/aromatic N) is 1. The van der Waals surface area contributed by atoms with Gasteiger partial charge in [-0.2, -0.15) is 0 Å². The number of carboxylic acid groups (broad SMARTS) is 1. The van der Waals surface area contributed by atoms with Crippen molar-refractivity contribution in [1.29, 1.82) is 0 Å². The first-order chi connectivity index (χ1) is 6.00. The SMILES string of the molecule is C=C(C)OC(=O)N1CC(C(=O)O)C1. The predicted octanol–water partition coefficient (Wildman–Crippen LogP) is 0.673. The molecule has 5 nitrogen and oxygen atoms in total.